The van der Waals surface area contributed by atoms with Crippen LogP contribution in [0.15, 0.2) is 30.6 Å². The van der Waals surface area contributed by atoms with E-state index in [0.717, 1.165) is 0 Å². The molecule has 0 spiro atoms. The van der Waals surface area contributed by atoms with Crippen LogP contribution in [0.25, 0.3) is 0 Å². The second-order valence-corrected chi connectivity index (χ2v) is 1.54. The van der Waals surface area contributed by atoms with Crippen molar-refractivity contribution in [3.8, 4) is 12.8 Å². The Morgan fingerprint density at radius 1 is 1.00 bits per heavy atom. The summed E-state index contributed by atoms with van der Waals surface area (Å²) >= 11 is 0. The Labute approximate surface area is 56.0 Å². The number of hydrogen-bond donors (Lipinski definition) is 0. The molecule has 46 valence electrons. The number of pyridine rings is 1. The van der Waals surface area contributed by atoms with Gasteiger partial charge in [0.25, 0.3) is 0 Å². The van der Waals surface area contributed by atoms with E-state index in [4.69, 9.17) is 0 Å². The molecule has 1 rings (SSSR count). The number of rotatable bonds is 0. The topological polar surface area (TPSA) is 3.88 Å². The van der Waals surface area contributed by atoms with Crippen molar-refractivity contribution < 1.29 is 4.57 Å². The van der Waals surface area contributed by atoms with Crippen molar-refractivity contribution in [2.24, 2.45) is 7.05 Å². The quantitative estimate of drug-likeness (QED) is 0.351. The maximum Gasteiger partial charge on any atom is 0.168 e. The zero-order valence-electron chi connectivity index (χ0n) is 5.49. The molecule has 1 aromatic rings. The Morgan fingerprint density at radius 2 is 1.44 bits per heavy atom. The van der Waals surface area contributed by atoms with Gasteiger partial charge in [0.05, 0.1) is 0 Å². The van der Waals surface area contributed by atoms with Crippen molar-refractivity contribution in [3.63, 3.8) is 0 Å². The predicted molar refractivity (Wildman–Crippen MR) is 37.5 cm³/mol. The van der Waals surface area contributed by atoms with Crippen molar-refractivity contribution >= 4 is 0 Å². The van der Waals surface area contributed by atoms with E-state index in [1.807, 2.05) is 42.2 Å². The second-order valence-electron chi connectivity index (χ2n) is 1.54. The maximum atomic E-state index is 4.00. The average molecular weight is 120 g/mol. The Kier molecular flexibility index (Phi) is 4.16. The largest absolute Gasteiger partial charge is 0.208 e. The van der Waals surface area contributed by atoms with Crippen LogP contribution in [0.1, 0.15) is 0 Å². The molecule has 0 aliphatic heterocycles. The zero-order chi connectivity index (χ0) is 7.11. The molecule has 0 aliphatic carbocycles. The molecule has 1 nitrogen and oxygen atoms in total. The van der Waals surface area contributed by atoms with Crippen molar-refractivity contribution in [2.75, 3.05) is 0 Å². The molecule has 0 saturated carbocycles. The molecular weight excluding hydrogens is 110 g/mol. The van der Waals surface area contributed by atoms with Crippen LogP contribution in [0.3, 0.4) is 0 Å². The number of hydrogen-bond acceptors (Lipinski definition) is 0. The van der Waals surface area contributed by atoms with Crippen LogP contribution in [-0.4, -0.2) is 0 Å². The summed E-state index contributed by atoms with van der Waals surface area (Å²) in [5.74, 6) is 0. The molecule has 1 heterocycles. The first-order valence-electron chi connectivity index (χ1n) is 2.63. The minimum Gasteiger partial charge on any atom is -0.208 e. The first-order chi connectivity index (χ1) is 4.39. The summed E-state index contributed by atoms with van der Waals surface area (Å²) in [4.78, 5) is 0. The first kappa shape index (κ1) is 7.71. The molecule has 0 aliphatic rings. The molecule has 0 N–H and O–H groups in total. The van der Waals surface area contributed by atoms with Crippen LogP contribution < -0.4 is 4.57 Å². The first-order valence-corrected chi connectivity index (χ1v) is 2.63. The molecule has 1 aromatic heterocycles. The Hall–Kier alpha value is -1.29. The minimum absolute atomic E-state index is 2.00. The summed E-state index contributed by atoms with van der Waals surface area (Å²) in [6.07, 6.45) is 12.0. The van der Waals surface area contributed by atoms with Crippen LogP contribution >= 0.6 is 0 Å². The van der Waals surface area contributed by atoms with E-state index in [1.165, 1.54) is 0 Å². The molecule has 0 unspecified atom stereocenters. The van der Waals surface area contributed by atoms with Gasteiger partial charge in [0.15, 0.2) is 12.4 Å². The number of nitrogens with zero attached hydrogens (tertiary/aromatic N) is 1. The molecule has 0 saturated heterocycles. The third-order valence-electron chi connectivity index (χ3n) is 0.865. The van der Waals surface area contributed by atoms with Crippen LogP contribution in [0.5, 0.6) is 0 Å². The van der Waals surface area contributed by atoms with Crippen molar-refractivity contribution in [2.45, 2.75) is 0 Å². The van der Waals surface area contributed by atoms with Gasteiger partial charge in [0.1, 0.15) is 7.05 Å². The SMILES string of the molecule is C#C.C[n+]1ccccc1. The normalized spacial score (nSPS) is 7.00. The van der Waals surface area contributed by atoms with E-state index >= 15 is 0 Å². The fraction of sp³-hybridized carbons (Fsp3) is 0.125. The van der Waals surface area contributed by atoms with E-state index < -0.39 is 0 Å². The highest BCUT2D eigenvalue weighted by atomic mass is 14.9. The zero-order valence-corrected chi connectivity index (χ0v) is 5.49. The van der Waals surface area contributed by atoms with Crippen molar-refractivity contribution in [3.05, 3.63) is 30.6 Å². The lowest BCUT2D eigenvalue weighted by Crippen LogP contribution is -2.25. The highest BCUT2D eigenvalue weighted by Gasteiger charge is 1.78. The molecular formula is C8H10N+. The van der Waals surface area contributed by atoms with Gasteiger partial charge in [-0.3, -0.25) is 0 Å². The van der Waals surface area contributed by atoms with Gasteiger partial charge in [-0.2, -0.15) is 0 Å². The van der Waals surface area contributed by atoms with Gasteiger partial charge in [-0.05, 0) is 0 Å². The Bertz CT molecular complexity index is 164. The van der Waals surface area contributed by atoms with E-state index in [2.05, 4.69) is 12.8 Å². The maximum absolute atomic E-state index is 4.00. The molecule has 0 fully saturated rings. The summed E-state index contributed by atoms with van der Waals surface area (Å²) in [5.41, 5.74) is 0. The Morgan fingerprint density at radius 3 is 1.67 bits per heavy atom. The lowest BCUT2D eigenvalue weighted by molar-refractivity contribution is -0.671. The van der Waals surface area contributed by atoms with Gasteiger partial charge in [0.2, 0.25) is 0 Å². The summed E-state index contributed by atoms with van der Waals surface area (Å²) in [6, 6.07) is 6.00. The summed E-state index contributed by atoms with van der Waals surface area (Å²) < 4.78 is 2.00. The highest BCUT2D eigenvalue weighted by molar-refractivity contribution is 4.83. The summed E-state index contributed by atoms with van der Waals surface area (Å²) in [6.45, 7) is 0. The fourth-order valence-corrected chi connectivity index (χ4v) is 0.485. The predicted octanol–water partition coefficient (Wildman–Crippen LogP) is 0.760. The van der Waals surface area contributed by atoms with E-state index in [1.54, 1.807) is 0 Å². The van der Waals surface area contributed by atoms with Gasteiger partial charge >= 0.3 is 0 Å². The molecule has 9 heavy (non-hydrogen) atoms. The number of aromatic nitrogens is 1. The highest BCUT2D eigenvalue weighted by Crippen LogP contribution is 1.71. The van der Waals surface area contributed by atoms with Crippen LogP contribution in [-0.2, 0) is 7.05 Å². The molecule has 1 heteroatoms. The molecule has 0 aromatic carbocycles. The number of terminal acetylenes is 1. The standard InChI is InChI=1S/C6H8N.C2H2/c1-7-5-3-2-4-6-7;1-2/h2-6H,1H3;1-2H/q+1;. The molecule has 0 radical (unpaired) electrons. The smallest absolute Gasteiger partial charge is 0.168 e. The molecule has 0 amide bonds. The van der Waals surface area contributed by atoms with Gasteiger partial charge in [-0.15, -0.1) is 12.8 Å². The van der Waals surface area contributed by atoms with Gasteiger partial charge in [-0.1, -0.05) is 6.07 Å². The number of aryl methyl sites for hydroxylation is 1. The molecule has 0 atom stereocenters. The van der Waals surface area contributed by atoms with Crippen LogP contribution in [0.4, 0.5) is 0 Å². The van der Waals surface area contributed by atoms with E-state index in [0.29, 0.717) is 0 Å². The third kappa shape index (κ3) is 3.31. The van der Waals surface area contributed by atoms with Crippen LogP contribution in [0.2, 0.25) is 0 Å². The third-order valence-corrected chi connectivity index (χ3v) is 0.865. The average Bonchev–Trinajstić information content (AvgIpc) is 1.94. The van der Waals surface area contributed by atoms with E-state index in [-0.39, 0.29) is 0 Å². The summed E-state index contributed by atoms with van der Waals surface area (Å²) in [5, 5.41) is 0. The van der Waals surface area contributed by atoms with Crippen molar-refractivity contribution in [1.29, 1.82) is 0 Å². The lowest BCUT2D eigenvalue weighted by atomic mass is 10.5. The molecule has 0 bridgehead atoms. The van der Waals surface area contributed by atoms with E-state index in [9.17, 15) is 0 Å². The summed E-state index contributed by atoms with van der Waals surface area (Å²) in [7, 11) is 2.00. The van der Waals surface area contributed by atoms with Crippen LogP contribution in [0, 0.1) is 12.8 Å². The van der Waals surface area contributed by atoms with Crippen molar-refractivity contribution in [1.82, 2.24) is 0 Å². The second kappa shape index (κ2) is 4.86. The lowest BCUT2D eigenvalue weighted by Gasteiger charge is -1.77. The monoisotopic (exact) mass is 120 g/mol. The van der Waals surface area contributed by atoms with Gasteiger partial charge in [0, 0.05) is 12.1 Å². The minimum atomic E-state index is 2.00. The van der Waals surface area contributed by atoms with Gasteiger partial charge < -0.3 is 0 Å². The van der Waals surface area contributed by atoms with Gasteiger partial charge in [-0.25, -0.2) is 4.57 Å². The fourth-order valence-electron chi connectivity index (χ4n) is 0.485. The Balaban J connectivity index is 0.000000291.